The predicted octanol–water partition coefficient (Wildman–Crippen LogP) is 2.98. The summed E-state index contributed by atoms with van der Waals surface area (Å²) < 4.78 is 5.09. The fourth-order valence-corrected chi connectivity index (χ4v) is 1.79. The van der Waals surface area contributed by atoms with Crippen LogP contribution in [0, 0.1) is 0 Å². The first-order chi connectivity index (χ1) is 9.08. The fraction of sp³-hybridized carbons (Fsp3) is 0.0714. The molecule has 19 heavy (non-hydrogen) atoms. The van der Waals surface area contributed by atoms with Crippen molar-refractivity contribution in [2.24, 2.45) is 0 Å². The molecule has 0 unspecified atom stereocenters. The number of phenolic OH excluding ortho intramolecular Hbond substituents is 1. The third-order valence-electron chi connectivity index (χ3n) is 2.55. The van der Waals surface area contributed by atoms with Crippen LogP contribution in [0.1, 0.15) is 15.9 Å². The molecule has 0 aliphatic carbocycles. The fourth-order valence-electron chi connectivity index (χ4n) is 1.58. The van der Waals surface area contributed by atoms with Gasteiger partial charge in [-0.3, -0.25) is 0 Å². The molecule has 0 amide bonds. The van der Waals surface area contributed by atoms with Gasteiger partial charge in [-0.1, -0.05) is 29.8 Å². The minimum Gasteiger partial charge on any atom is -0.505 e. The largest absolute Gasteiger partial charge is 0.505 e. The van der Waals surface area contributed by atoms with Crippen molar-refractivity contribution in [1.29, 1.82) is 0 Å². The Morgan fingerprint density at radius 2 is 2.00 bits per heavy atom. The van der Waals surface area contributed by atoms with Crippen molar-refractivity contribution in [2.45, 2.75) is 6.61 Å². The smallest absolute Gasteiger partial charge is 0.342 e. The maximum Gasteiger partial charge on any atom is 0.342 e. The molecule has 0 aromatic heterocycles. The first-order valence-corrected chi connectivity index (χ1v) is 5.95. The Kier molecular flexibility index (Phi) is 3.92. The number of hydrogen-bond donors (Lipinski definition) is 2. The highest BCUT2D eigenvalue weighted by molar-refractivity contribution is 6.30. The number of ether oxygens (including phenoxy) is 1. The van der Waals surface area contributed by atoms with Crippen molar-refractivity contribution in [1.82, 2.24) is 0 Å². The van der Waals surface area contributed by atoms with Crippen molar-refractivity contribution < 1.29 is 14.6 Å². The number of anilines is 1. The molecule has 0 fully saturated rings. The Morgan fingerprint density at radius 3 is 2.74 bits per heavy atom. The number of phenols is 1. The molecule has 2 rings (SSSR count). The van der Waals surface area contributed by atoms with Crippen LogP contribution in [0.25, 0.3) is 0 Å². The number of nitrogens with two attached hydrogens (primary N) is 1. The maximum absolute atomic E-state index is 11.8. The van der Waals surface area contributed by atoms with Crippen LogP contribution in [-0.2, 0) is 11.3 Å². The number of para-hydroxylation sites is 1. The molecule has 0 aliphatic heterocycles. The maximum atomic E-state index is 11.8. The van der Waals surface area contributed by atoms with Crippen molar-refractivity contribution in [3.8, 4) is 5.75 Å². The minimum atomic E-state index is -0.634. The summed E-state index contributed by atoms with van der Waals surface area (Å²) in [5.41, 5.74) is 6.46. The molecule has 2 aromatic carbocycles. The summed E-state index contributed by atoms with van der Waals surface area (Å²) >= 11 is 5.83. The van der Waals surface area contributed by atoms with Gasteiger partial charge in [-0.25, -0.2) is 4.79 Å². The summed E-state index contributed by atoms with van der Waals surface area (Å²) in [6, 6.07) is 11.5. The van der Waals surface area contributed by atoms with Crippen molar-refractivity contribution in [3.63, 3.8) is 0 Å². The molecule has 0 saturated carbocycles. The van der Waals surface area contributed by atoms with Gasteiger partial charge >= 0.3 is 5.97 Å². The Bertz CT molecular complexity index is 613. The Balaban J connectivity index is 2.08. The first-order valence-electron chi connectivity index (χ1n) is 5.57. The molecule has 0 aliphatic rings. The Labute approximate surface area is 115 Å². The molecule has 0 radical (unpaired) electrons. The van der Waals surface area contributed by atoms with Gasteiger partial charge in [0, 0.05) is 5.02 Å². The number of rotatable bonds is 3. The first kappa shape index (κ1) is 13.2. The third-order valence-corrected chi connectivity index (χ3v) is 2.78. The normalized spacial score (nSPS) is 10.2. The van der Waals surface area contributed by atoms with Crippen LogP contribution < -0.4 is 5.73 Å². The minimum absolute atomic E-state index is 0.0435. The lowest BCUT2D eigenvalue weighted by atomic mass is 10.2. The second-order valence-electron chi connectivity index (χ2n) is 3.95. The van der Waals surface area contributed by atoms with E-state index in [1.165, 1.54) is 12.1 Å². The van der Waals surface area contributed by atoms with Crippen molar-refractivity contribution >= 4 is 23.3 Å². The van der Waals surface area contributed by atoms with Crippen LogP contribution >= 0.6 is 11.6 Å². The van der Waals surface area contributed by atoms with Crippen molar-refractivity contribution in [3.05, 3.63) is 58.6 Å². The molecule has 0 heterocycles. The highest BCUT2D eigenvalue weighted by atomic mass is 35.5. The van der Waals surface area contributed by atoms with E-state index in [1.54, 1.807) is 30.3 Å². The summed E-state index contributed by atoms with van der Waals surface area (Å²) in [7, 11) is 0. The van der Waals surface area contributed by atoms with Gasteiger partial charge < -0.3 is 15.6 Å². The zero-order valence-electron chi connectivity index (χ0n) is 9.97. The molecule has 5 heteroatoms. The van der Waals surface area contributed by atoms with E-state index in [2.05, 4.69) is 0 Å². The van der Waals surface area contributed by atoms with Crippen LogP contribution in [0.4, 0.5) is 5.69 Å². The standard InChI is InChI=1S/C14H12ClNO3/c15-10-4-1-3-9(7-10)8-19-14(18)11-5-2-6-12(16)13(11)17/h1-7,17H,8,16H2. The van der Waals surface area contributed by atoms with E-state index in [4.69, 9.17) is 22.1 Å². The molecule has 0 spiro atoms. The Morgan fingerprint density at radius 1 is 1.26 bits per heavy atom. The van der Waals surface area contributed by atoms with Gasteiger partial charge in [0.2, 0.25) is 0 Å². The molecule has 0 atom stereocenters. The zero-order valence-corrected chi connectivity index (χ0v) is 10.7. The van der Waals surface area contributed by atoms with E-state index in [9.17, 15) is 9.90 Å². The molecule has 3 N–H and O–H groups in total. The van der Waals surface area contributed by atoms with Gasteiger partial charge in [-0.05, 0) is 29.8 Å². The lowest BCUT2D eigenvalue weighted by Crippen LogP contribution is -2.06. The van der Waals surface area contributed by atoms with Crippen LogP contribution in [0.3, 0.4) is 0 Å². The van der Waals surface area contributed by atoms with E-state index in [1.807, 2.05) is 0 Å². The number of aromatic hydroxyl groups is 1. The number of esters is 1. The van der Waals surface area contributed by atoms with Crippen LogP contribution in [0.5, 0.6) is 5.75 Å². The number of hydrogen-bond acceptors (Lipinski definition) is 4. The summed E-state index contributed by atoms with van der Waals surface area (Å²) in [6.07, 6.45) is 0. The zero-order chi connectivity index (χ0) is 13.8. The van der Waals surface area contributed by atoms with E-state index in [0.717, 1.165) is 5.56 Å². The number of halogens is 1. The molecule has 4 nitrogen and oxygen atoms in total. The van der Waals surface area contributed by atoms with Crippen LogP contribution in [-0.4, -0.2) is 11.1 Å². The second kappa shape index (κ2) is 5.63. The molecule has 2 aromatic rings. The lowest BCUT2D eigenvalue weighted by Gasteiger charge is -2.08. The van der Waals surface area contributed by atoms with E-state index in [-0.39, 0.29) is 23.6 Å². The SMILES string of the molecule is Nc1cccc(C(=O)OCc2cccc(Cl)c2)c1O. The number of benzene rings is 2. The highest BCUT2D eigenvalue weighted by Gasteiger charge is 2.14. The molecular formula is C14H12ClNO3. The topological polar surface area (TPSA) is 72.6 Å². The highest BCUT2D eigenvalue weighted by Crippen LogP contribution is 2.25. The van der Waals surface area contributed by atoms with E-state index in [0.29, 0.717) is 5.02 Å². The van der Waals surface area contributed by atoms with Gasteiger partial charge in [-0.15, -0.1) is 0 Å². The third kappa shape index (κ3) is 3.17. The summed E-state index contributed by atoms with van der Waals surface area (Å²) in [5.74, 6) is -0.900. The van der Waals surface area contributed by atoms with E-state index >= 15 is 0 Å². The van der Waals surface area contributed by atoms with Gasteiger partial charge in [-0.2, -0.15) is 0 Å². The molecular weight excluding hydrogens is 266 g/mol. The molecule has 0 saturated heterocycles. The van der Waals surface area contributed by atoms with Crippen LogP contribution in [0.2, 0.25) is 5.02 Å². The summed E-state index contributed by atoms with van der Waals surface area (Å²) in [6.45, 7) is 0.0770. The molecule has 98 valence electrons. The average Bonchev–Trinajstić information content (AvgIpc) is 2.39. The van der Waals surface area contributed by atoms with Gasteiger partial charge in [0.25, 0.3) is 0 Å². The van der Waals surface area contributed by atoms with Gasteiger partial charge in [0.1, 0.15) is 12.2 Å². The Hall–Kier alpha value is -2.20. The van der Waals surface area contributed by atoms with Crippen LogP contribution in [0.15, 0.2) is 42.5 Å². The number of carbonyl (C=O) groups excluding carboxylic acids is 1. The monoisotopic (exact) mass is 277 g/mol. The second-order valence-corrected chi connectivity index (χ2v) is 4.39. The summed E-state index contributed by atoms with van der Waals surface area (Å²) in [5, 5.41) is 10.2. The average molecular weight is 278 g/mol. The van der Waals surface area contributed by atoms with Gasteiger partial charge in [0.15, 0.2) is 5.75 Å². The molecule has 0 bridgehead atoms. The number of carbonyl (C=O) groups is 1. The summed E-state index contributed by atoms with van der Waals surface area (Å²) in [4.78, 5) is 11.8. The van der Waals surface area contributed by atoms with Gasteiger partial charge in [0.05, 0.1) is 5.69 Å². The van der Waals surface area contributed by atoms with Crippen molar-refractivity contribution in [2.75, 3.05) is 5.73 Å². The quantitative estimate of drug-likeness (QED) is 0.514. The number of nitrogen functional groups attached to an aromatic ring is 1. The lowest BCUT2D eigenvalue weighted by molar-refractivity contribution is 0.0469. The predicted molar refractivity (Wildman–Crippen MR) is 73.1 cm³/mol. The van der Waals surface area contributed by atoms with E-state index < -0.39 is 5.97 Å².